The zero-order valence-corrected chi connectivity index (χ0v) is 18.6. The Kier molecular flexibility index (Phi) is 6.42. The van der Waals surface area contributed by atoms with Crippen LogP contribution in [0, 0.1) is 11.6 Å². The van der Waals surface area contributed by atoms with Gasteiger partial charge in [-0.05, 0) is 36.4 Å². The van der Waals surface area contributed by atoms with Crippen molar-refractivity contribution in [3.05, 3.63) is 58.3 Å². The van der Waals surface area contributed by atoms with Gasteiger partial charge in [0.05, 0.1) is 28.6 Å². The number of imidazole rings is 1. The van der Waals surface area contributed by atoms with E-state index in [2.05, 4.69) is 45.5 Å². The lowest BCUT2D eigenvalue weighted by Crippen LogP contribution is -2.21. The van der Waals surface area contributed by atoms with Gasteiger partial charge in [0.2, 0.25) is 0 Å². The number of hydrogen-bond acceptors (Lipinski definition) is 3. The van der Waals surface area contributed by atoms with Crippen LogP contribution in [0.25, 0.3) is 11.0 Å². The minimum atomic E-state index is -1.11. The van der Waals surface area contributed by atoms with E-state index in [-0.39, 0.29) is 5.56 Å². The molecule has 2 aromatic carbocycles. The van der Waals surface area contributed by atoms with Crippen molar-refractivity contribution in [1.82, 2.24) is 9.55 Å². The van der Waals surface area contributed by atoms with Crippen LogP contribution in [0.1, 0.15) is 5.56 Å². The maximum absolute atomic E-state index is 13.9. The molecule has 1 heterocycles. The van der Waals surface area contributed by atoms with E-state index in [1.54, 1.807) is 18.5 Å². The molecule has 28 heavy (non-hydrogen) atoms. The monoisotopic (exact) mass is 465 g/mol. The Bertz CT molecular complexity index is 991. The van der Waals surface area contributed by atoms with E-state index in [9.17, 15) is 8.78 Å². The van der Waals surface area contributed by atoms with Gasteiger partial charge >= 0.3 is 0 Å². The number of nitrogens with zero attached hydrogens (tertiary/aromatic N) is 3. The molecule has 1 aromatic heterocycles. The molecule has 0 aliphatic rings. The standard InChI is InChI=1S/C20H22BrF2N3OSi/c1-28(2,3)7-6-27-13-26-12-25-19-10-15(4-5-20(19)26)24-11-16-17(22)8-14(21)9-18(16)23/h4-5,8-12H,6-7,13H2,1-3H3. The molecule has 0 fully saturated rings. The van der Waals surface area contributed by atoms with Gasteiger partial charge < -0.3 is 9.30 Å². The Morgan fingerprint density at radius 2 is 1.89 bits per heavy atom. The molecular formula is C20H22BrF2N3OSi. The minimum absolute atomic E-state index is 0.176. The molecule has 0 spiro atoms. The highest BCUT2D eigenvalue weighted by molar-refractivity contribution is 9.10. The molecule has 0 amide bonds. The Balaban J connectivity index is 1.72. The van der Waals surface area contributed by atoms with Crippen molar-refractivity contribution in [1.29, 1.82) is 0 Å². The molecule has 0 saturated heterocycles. The molecular weight excluding hydrogens is 444 g/mol. The first-order valence-corrected chi connectivity index (χ1v) is 13.4. The first-order valence-electron chi connectivity index (χ1n) is 8.94. The molecule has 4 nitrogen and oxygen atoms in total. The lowest BCUT2D eigenvalue weighted by molar-refractivity contribution is 0.0898. The second kappa shape index (κ2) is 8.63. The van der Waals surface area contributed by atoms with E-state index < -0.39 is 19.7 Å². The van der Waals surface area contributed by atoms with Gasteiger partial charge in [-0.1, -0.05) is 35.6 Å². The van der Waals surface area contributed by atoms with Gasteiger partial charge in [0.15, 0.2) is 0 Å². The predicted octanol–water partition coefficient (Wildman–Crippen LogP) is 6.14. The van der Waals surface area contributed by atoms with Crippen LogP contribution in [0.3, 0.4) is 0 Å². The molecule has 0 saturated carbocycles. The van der Waals surface area contributed by atoms with E-state index in [0.717, 1.165) is 23.7 Å². The number of halogens is 3. The van der Waals surface area contributed by atoms with Crippen molar-refractivity contribution in [3.8, 4) is 0 Å². The molecule has 0 radical (unpaired) electrons. The zero-order chi connectivity index (χ0) is 20.3. The molecule has 8 heteroatoms. The summed E-state index contributed by atoms with van der Waals surface area (Å²) >= 11 is 3.06. The van der Waals surface area contributed by atoms with Crippen molar-refractivity contribution in [3.63, 3.8) is 0 Å². The van der Waals surface area contributed by atoms with Gasteiger partial charge in [-0.2, -0.15) is 0 Å². The fraction of sp³-hybridized carbons (Fsp3) is 0.300. The molecule has 0 bridgehead atoms. The van der Waals surface area contributed by atoms with Gasteiger partial charge in [-0.3, -0.25) is 4.99 Å². The number of aliphatic imine (C=N–C) groups is 1. The third-order valence-corrected chi connectivity index (χ3v) is 6.38. The van der Waals surface area contributed by atoms with Crippen molar-refractivity contribution in [2.24, 2.45) is 4.99 Å². The summed E-state index contributed by atoms with van der Waals surface area (Å²) in [4.78, 5) is 8.57. The van der Waals surface area contributed by atoms with Gasteiger partial charge in [0.25, 0.3) is 0 Å². The van der Waals surface area contributed by atoms with Crippen LogP contribution in [0.15, 0.2) is 46.1 Å². The fourth-order valence-electron chi connectivity index (χ4n) is 2.59. The lowest BCUT2D eigenvalue weighted by Gasteiger charge is -2.15. The summed E-state index contributed by atoms with van der Waals surface area (Å²) in [6.07, 6.45) is 2.91. The second-order valence-corrected chi connectivity index (χ2v) is 14.3. The second-order valence-electron chi connectivity index (χ2n) is 7.78. The van der Waals surface area contributed by atoms with Gasteiger partial charge in [-0.15, -0.1) is 0 Å². The molecule has 0 N–H and O–H groups in total. The normalized spacial score (nSPS) is 12.4. The number of benzene rings is 2. The number of hydrogen-bond donors (Lipinski definition) is 0. The summed E-state index contributed by atoms with van der Waals surface area (Å²) in [6, 6.07) is 8.97. The summed E-state index contributed by atoms with van der Waals surface area (Å²) in [5.74, 6) is -1.34. The van der Waals surface area contributed by atoms with Crippen LogP contribution in [0.5, 0.6) is 0 Å². The molecule has 0 atom stereocenters. The summed E-state index contributed by atoms with van der Waals surface area (Å²) in [7, 11) is -1.11. The Morgan fingerprint density at radius 1 is 1.18 bits per heavy atom. The highest BCUT2D eigenvalue weighted by Crippen LogP contribution is 2.22. The molecule has 148 valence electrons. The third-order valence-electron chi connectivity index (χ3n) is 4.22. The summed E-state index contributed by atoms with van der Waals surface area (Å²) in [5, 5.41) is 0. The van der Waals surface area contributed by atoms with Crippen LogP contribution in [0.4, 0.5) is 14.5 Å². The van der Waals surface area contributed by atoms with Gasteiger partial charge in [0.1, 0.15) is 18.4 Å². The average molecular weight is 466 g/mol. The summed E-state index contributed by atoms with van der Waals surface area (Å²) < 4.78 is 35.9. The molecule has 3 rings (SSSR count). The largest absolute Gasteiger partial charge is 0.361 e. The minimum Gasteiger partial charge on any atom is -0.361 e. The molecule has 3 aromatic rings. The molecule has 0 aliphatic heterocycles. The van der Waals surface area contributed by atoms with Gasteiger partial charge in [0, 0.05) is 25.4 Å². The van der Waals surface area contributed by atoms with E-state index in [1.165, 1.54) is 18.3 Å². The highest BCUT2D eigenvalue weighted by atomic mass is 79.9. The van der Waals surface area contributed by atoms with Crippen LogP contribution < -0.4 is 0 Å². The van der Waals surface area contributed by atoms with E-state index in [0.29, 0.717) is 16.9 Å². The maximum atomic E-state index is 13.9. The number of ether oxygens (including phenoxy) is 1. The Labute approximate surface area is 172 Å². The SMILES string of the molecule is C[Si](C)(C)CCOCn1cnc2cc(N=Cc3c(F)cc(Br)cc3F)ccc21. The quantitative estimate of drug-likeness (QED) is 0.238. The number of aromatic nitrogens is 2. The topological polar surface area (TPSA) is 39.4 Å². The zero-order valence-electron chi connectivity index (χ0n) is 16.0. The average Bonchev–Trinajstić information content (AvgIpc) is 2.99. The summed E-state index contributed by atoms with van der Waals surface area (Å²) in [6.45, 7) is 8.13. The number of rotatable bonds is 7. The smallest absolute Gasteiger partial charge is 0.136 e. The first-order chi connectivity index (χ1) is 13.2. The van der Waals surface area contributed by atoms with Crippen LogP contribution in [0.2, 0.25) is 25.7 Å². The third kappa shape index (κ3) is 5.33. The van der Waals surface area contributed by atoms with E-state index in [1.807, 2.05) is 10.6 Å². The van der Waals surface area contributed by atoms with Crippen LogP contribution >= 0.6 is 15.9 Å². The van der Waals surface area contributed by atoms with Crippen molar-refractivity contribution in [2.45, 2.75) is 32.4 Å². The Hall–Kier alpha value is -1.90. The highest BCUT2D eigenvalue weighted by Gasteiger charge is 2.12. The fourth-order valence-corrected chi connectivity index (χ4v) is 3.75. The maximum Gasteiger partial charge on any atom is 0.136 e. The van der Waals surface area contributed by atoms with E-state index >= 15 is 0 Å². The summed E-state index contributed by atoms with van der Waals surface area (Å²) in [5.41, 5.74) is 2.07. The van der Waals surface area contributed by atoms with E-state index in [4.69, 9.17) is 4.74 Å². The predicted molar refractivity (Wildman–Crippen MR) is 115 cm³/mol. The van der Waals surface area contributed by atoms with Crippen molar-refractivity contribution >= 4 is 46.9 Å². The van der Waals surface area contributed by atoms with Crippen molar-refractivity contribution < 1.29 is 13.5 Å². The first kappa shape index (κ1) is 20.8. The Morgan fingerprint density at radius 3 is 2.57 bits per heavy atom. The molecule has 0 aliphatic carbocycles. The van der Waals surface area contributed by atoms with Crippen molar-refractivity contribution in [2.75, 3.05) is 6.61 Å². The lowest BCUT2D eigenvalue weighted by atomic mass is 10.2. The van der Waals surface area contributed by atoms with Crippen LogP contribution in [-0.4, -0.2) is 30.4 Å². The van der Waals surface area contributed by atoms with Crippen LogP contribution in [-0.2, 0) is 11.5 Å². The number of fused-ring (bicyclic) bond motifs is 1. The van der Waals surface area contributed by atoms with Gasteiger partial charge in [-0.25, -0.2) is 13.8 Å². The molecule has 0 unspecified atom stereocenters.